The molecule has 0 aliphatic carbocycles. The molecular weight excluding hydrogens is 410 g/mol. The number of hydrogen-bond acceptors (Lipinski definition) is 5. The minimum atomic E-state index is -0.344. The summed E-state index contributed by atoms with van der Waals surface area (Å²) < 4.78 is 10.7. The molecule has 2 aromatic carbocycles. The van der Waals surface area contributed by atoms with Crippen LogP contribution in [0.15, 0.2) is 41.3 Å². The van der Waals surface area contributed by atoms with Crippen molar-refractivity contribution in [3.63, 3.8) is 0 Å². The number of thioether (sulfide) groups is 1. The zero-order valence-electron chi connectivity index (χ0n) is 15.9. The third-order valence-electron chi connectivity index (χ3n) is 4.18. The predicted molar refractivity (Wildman–Crippen MR) is 115 cm³/mol. The number of hydrogen-bond donors (Lipinski definition) is 0. The standard InChI is InChI=1S/C22H18ClNO4S/c1-4-9-28-20-17(23)10-16(11-18(20)27-3)12-19-21(25)24(22(26)29-19)13-15-7-5-14(2)6-8-15/h1,5-8,10-12H,9,13H2,2-3H3/b19-12-. The zero-order chi connectivity index (χ0) is 21.0. The Labute approximate surface area is 178 Å². The molecular formula is C22H18ClNO4S. The Bertz CT molecular complexity index is 1020. The fourth-order valence-electron chi connectivity index (χ4n) is 2.74. The van der Waals surface area contributed by atoms with Crippen LogP contribution in [0, 0.1) is 19.3 Å². The van der Waals surface area contributed by atoms with Crippen LogP contribution in [0.5, 0.6) is 11.5 Å². The molecule has 0 bridgehead atoms. The fourth-order valence-corrected chi connectivity index (χ4v) is 3.85. The molecule has 3 rings (SSSR count). The van der Waals surface area contributed by atoms with E-state index in [-0.39, 0.29) is 24.3 Å². The average Bonchev–Trinajstić information content (AvgIpc) is 2.95. The lowest BCUT2D eigenvalue weighted by Gasteiger charge is -2.13. The summed E-state index contributed by atoms with van der Waals surface area (Å²) in [6.45, 7) is 2.26. The quantitative estimate of drug-likeness (QED) is 0.484. The molecule has 0 unspecified atom stereocenters. The molecule has 148 valence electrons. The molecule has 29 heavy (non-hydrogen) atoms. The highest BCUT2D eigenvalue weighted by Crippen LogP contribution is 2.39. The Morgan fingerprint density at radius 3 is 2.62 bits per heavy atom. The monoisotopic (exact) mass is 427 g/mol. The molecule has 1 heterocycles. The van der Waals surface area contributed by atoms with Gasteiger partial charge in [-0.1, -0.05) is 47.4 Å². The van der Waals surface area contributed by atoms with Gasteiger partial charge in [0.1, 0.15) is 6.61 Å². The second-order valence-corrected chi connectivity index (χ2v) is 7.68. The first-order valence-electron chi connectivity index (χ1n) is 8.67. The molecule has 0 N–H and O–H groups in total. The number of amides is 2. The van der Waals surface area contributed by atoms with Gasteiger partial charge in [0, 0.05) is 0 Å². The number of carbonyl (C=O) groups is 2. The molecule has 1 aliphatic rings. The second kappa shape index (κ2) is 9.08. The van der Waals surface area contributed by atoms with Gasteiger partial charge in [-0.05, 0) is 48.0 Å². The summed E-state index contributed by atoms with van der Waals surface area (Å²) in [7, 11) is 1.48. The first-order valence-corrected chi connectivity index (χ1v) is 9.87. The number of ether oxygens (including phenoxy) is 2. The van der Waals surface area contributed by atoms with Crippen molar-refractivity contribution in [2.45, 2.75) is 13.5 Å². The summed E-state index contributed by atoms with van der Waals surface area (Å²) in [5.41, 5.74) is 2.61. The number of rotatable bonds is 6. The van der Waals surface area contributed by atoms with Gasteiger partial charge in [0.15, 0.2) is 11.5 Å². The molecule has 1 saturated heterocycles. The van der Waals surface area contributed by atoms with E-state index in [4.69, 9.17) is 27.5 Å². The molecule has 0 saturated carbocycles. The van der Waals surface area contributed by atoms with E-state index in [1.807, 2.05) is 31.2 Å². The van der Waals surface area contributed by atoms with Gasteiger partial charge in [-0.2, -0.15) is 0 Å². The minimum Gasteiger partial charge on any atom is -0.493 e. The predicted octanol–water partition coefficient (Wildman–Crippen LogP) is 4.91. The molecule has 0 radical (unpaired) electrons. The summed E-state index contributed by atoms with van der Waals surface area (Å²) in [5, 5.41) is -0.0152. The van der Waals surface area contributed by atoms with Gasteiger partial charge in [0.2, 0.25) is 0 Å². The lowest BCUT2D eigenvalue weighted by atomic mass is 10.1. The normalized spacial score (nSPS) is 15.0. The van der Waals surface area contributed by atoms with Crippen LogP contribution in [0.2, 0.25) is 5.02 Å². The van der Waals surface area contributed by atoms with Crippen molar-refractivity contribution in [3.05, 3.63) is 63.0 Å². The maximum Gasteiger partial charge on any atom is 0.293 e. The minimum absolute atomic E-state index is 0.0489. The second-order valence-electron chi connectivity index (χ2n) is 6.28. The van der Waals surface area contributed by atoms with Crippen LogP contribution in [-0.2, 0) is 11.3 Å². The number of nitrogens with zero attached hydrogens (tertiary/aromatic N) is 1. The molecule has 0 spiro atoms. The molecule has 5 nitrogen and oxygen atoms in total. The van der Waals surface area contributed by atoms with Gasteiger partial charge < -0.3 is 9.47 Å². The van der Waals surface area contributed by atoms with E-state index < -0.39 is 0 Å². The Balaban J connectivity index is 1.84. The Kier molecular flexibility index (Phi) is 6.53. The van der Waals surface area contributed by atoms with E-state index in [0.29, 0.717) is 27.0 Å². The summed E-state index contributed by atoms with van der Waals surface area (Å²) in [5.74, 6) is 2.74. The van der Waals surface area contributed by atoms with Gasteiger partial charge in [-0.25, -0.2) is 0 Å². The van der Waals surface area contributed by atoms with Crippen molar-refractivity contribution >= 4 is 40.6 Å². The zero-order valence-corrected chi connectivity index (χ0v) is 17.5. The number of aryl methyl sites for hydroxylation is 1. The van der Waals surface area contributed by atoms with Crippen molar-refractivity contribution in [2.75, 3.05) is 13.7 Å². The lowest BCUT2D eigenvalue weighted by Crippen LogP contribution is -2.27. The molecule has 7 heteroatoms. The summed E-state index contributed by atoms with van der Waals surface area (Å²) in [6.07, 6.45) is 6.83. The van der Waals surface area contributed by atoms with Crippen molar-refractivity contribution in [2.24, 2.45) is 0 Å². The summed E-state index contributed by atoms with van der Waals surface area (Å²) in [4.78, 5) is 26.6. The first kappa shape index (κ1) is 20.8. The van der Waals surface area contributed by atoms with E-state index in [1.165, 1.54) is 12.0 Å². The van der Waals surface area contributed by atoms with E-state index in [0.717, 1.165) is 22.9 Å². The van der Waals surface area contributed by atoms with E-state index in [2.05, 4.69) is 5.92 Å². The highest BCUT2D eigenvalue weighted by molar-refractivity contribution is 8.18. The van der Waals surface area contributed by atoms with Crippen LogP contribution >= 0.6 is 23.4 Å². The van der Waals surface area contributed by atoms with Gasteiger partial charge in [-0.15, -0.1) is 6.42 Å². The van der Waals surface area contributed by atoms with Crippen LogP contribution in [0.25, 0.3) is 6.08 Å². The number of benzene rings is 2. The van der Waals surface area contributed by atoms with Gasteiger partial charge in [-0.3, -0.25) is 14.5 Å². The van der Waals surface area contributed by atoms with Crippen molar-refractivity contribution in [3.8, 4) is 23.8 Å². The molecule has 1 aliphatic heterocycles. The van der Waals surface area contributed by atoms with Crippen molar-refractivity contribution < 1.29 is 19.1 Å². The third kappa shape index (κ3) is 4.76. The average molecular weight is 428 g/mol. The van der Waals surface area contributed by atoms with E-state index >= 15 is 0 Å². The van der Waals surface area contributed by atoms with Crippen LogP contribution in [0.1, 0.15) is 16.7 Å². The van der Waals surface area contributed by atoms with Gasteiger partial charge in [0.05, 0.1) is 23.6 Å². The van der Waals surface area contributed by atoms with Crippen LogP contribution < -0.4 is 9.47 Å². The topological polar surface area (TPSA) is 55.8 Å². The van der Waals surface area contributed by atoms with Crippen LogP contribution in [0.3, 0.4) is 0 Å². The summed E-state index contributed by atoms with van der Waals surface area (Å²) in [6, 6.07) is 11.0. The van der Waals surface area contributed by atoms with Crippen molar-refractivity contribution in [1.29, 1.82) is 0 Å². The first-order chi connectivity index (χ1) is 13.9. The number of methoxy groups -OCH3 is 1. The van der Waals surface area contributed by atoms with Crippen LogP contribution in [-0.4, -0.2) is 29.8 Å². The Hall–Kier alpha value is -2.88. The molecule has 2 aromatic rings. The molecule has 0 aromatic heterocycles. The van der Waals surface area contributed by atoms with Crippen molar-refractivity contribution in [1.82, 2.24) is 4.90 Å². The smallest absolute Gasteiger partial charge is 0.293 e. The number of halogens is 1. The molecule has 1 fully saturated rings. The van der Waals surface area contributed by atoms with Crippen LogP contribution in [0.4, 0.5) is 4.79 Å². The highest BCUT2D eigenvalue weighted by atomic mass is 35.5. The lowest BCUT2D eigenvalue weighted by molar-refractivity contribution is -0.123. The van der Waals surface area contributed by atoms with Gasteiger partial charge >= 0.3 is 0 Å². The highest BCUT2D eigenvalue weighted by Gasteiger charge is 2.35. The Morgan fingerprint density at radius 2 is 1.97 bits per heavy atom. The summed E-state index contributed by atoms with van der Waals surface area (Å²) >= 11 is 7.17. The fraction of sp³-hybridized carbons (Fsp3) is 0.182. The number of imide groups is 1. The largest absolute Gasteiger partial charge is 0.493 e. The third-order valence-corrected chi connectivity index (χ3v) is 5.37. The van der Waals surface area contributed by atoms with E-state index in [9.17, 15) is 9.59 Å². The van der Waals surface area contributed by atoms with E-state index in [1.54, 1.807) is 18.2 Å². The maximum atomic E-state index is 12.7. The molecule has 0 atom stereocenters. The van der Waals surface area contributed by atoms with Gasteiger partial charge in [0.25, 0.3) is 11.1 Å². The molecule has 2 amide bonds. The Morgan fingerprint density at radius 1 is 1.24 bits per heavy atom. The number of carbonyl (C=O) groups excluding carboxylic acids is 2. The SMILES string of the molecule is C#CCOc1c(Cl)cc(/C=C2\SC(=O)N(Cc3ccc(C)cc3)C2=O)cc1OC. The maximum absolute atomic E-state index is 12.7. The number of terminal acetylenes is 1.